The number of piperidine rings is 1. The van der Waals surface area contributed by atoms with Gasteiger partial charge in [-0.15, -0.1) is 0 Å². The molecule has 2 aliphatic heterocycles. The summed E-state index contributed by atoms with van der Waals surface area (Å²) in [6.45, 7) is 7.98. The van der Waals surface area contributed by atoms with Gasteiger partial charge in [-0.3, -0.25) is 0 Å². The molecule has 8 nitrogen and oxygen atoms in total. The van der Waals surface area contributed by atoms with E-state index in [0.717, 1.165) is 44.5 Å². The second kappa shape index (κ2) is 9.07. The Hall–Kier alpha value is -2.04. The van der Waals surface area contributed by atoms with E-state index in [4.69, 9.17) is 20.2 Å². The van der Waals surface area contributed by atoms with Crippen LogP contribution >= 0.6 is 27.7 Å². The van der Waals surface area contributed by atoms with Crippen LogP contribution in [0, 0.1) is 5.92 Å². The Morgan fingerprint density at radius 2 is 1.94 bits per heavy atom. The number of fused-ring (bicyclic) bond motifs is 2. The standard InChI is InChI=1S/C22H27BrN6O2S/c1-13(2)28-6-3-14(4-7-28)5-8-29-19-20(24)25-11-26-21(19)27-22(29)32-18-10-17-16(9-15(18)23)30-12-31-17/h9-11,13-14H,3-8,12H2,1-2H3,(H2,24,25,26). The average molecular weight is 519 g/mol. The Labute approximate surface area is 200 Å². The quantitative estimate of drug-likeness (QED) is 0.507. The topological polar surface area (TPSA) is 91.3 Å². The average Bonchev–Trinajstić information content (AvgIpc) is 3.37. The number of imidazole rings is 1. The van der Waals surface area contributed by atoms with E-state index < -0.39 is 0 Å². The van der Waals surface area contributed by atoms with Crippen LogP contribution in [0.4, 0.5) is 5.82 Å². The summed E-state index contributed by atoms with van der Waals surface area (Å²) in [5.74, 6) is 2.66. The number of anilines is 1. The first-order valence-electron chi connectivity index (χ1n) is 11.0. The van der Waals surface area contributed by atoms with Gasteiger partial charge in [-0.05, 0) is 80.2 Å². The fourth-order valence-corrected chi connectivity index (χ4v) is 5.91. The number of halogens is 1. The van der Waals surface area contributed by atoms with Gasteiger partial charge in [-0.25, -0.2) is 15.0 Å². The number of aromatic nitrogens is 4. The van der Waals surface area contributed by atoms with E-state index in [9.17, 15) is 0 Å². The minimum absolute atomic E-state index is 0.246. The molecule has 0 amide bonds. The molecule has 0 spiro atoms. The lowest BCUT2D eigenvalue weighted by Gasteiger charge is -2.34. The lowest BCUT2D eigenvalue weighted by molar-refractivity contribution is 0.143. The van der Waals surface area contributed by atoms with Gasteiger partial charge in [-0.2, -0.15) is 0 Å². The molecular weight excluding hydrogens is 492 g/mol. The fraction of sp³-hybridized carbons (Fsp3) is 0.500. The third kappa shape index (κ3) is 4.27. The van der Waals surface area contributed by atoms with E-state index in [1.807, 2.05) is 12.1 Å². The summed E-state index contributed by atoms with van der Waals surface area (Å²) in [5.41, 5.74) is 7.70. The summed E-state index contributed by atoms with van der Waals surface area (Å²) in [5, 5.41) is 0.853. The van der Waals surface area contributed by atoms with Crippen LogP contribution < -0.4 is 15.2 Å². The Morgan fingerprint density at radius 3 is 2.69 bits per heavy atom. The van der Waals surface area contributed by atoms with Crippen LogP contribution in [-0.2, 0) is 6.54 Å². The first-order chi connectivity index (χ1) is 15.5. The van der Waals surface area contributed by atoms with Crippen LogP contribution in [-0.4, -0.2) is 50.3 Å². The van der Waals surface area contributed by atoms with Gasteiger partial charge < -0.3 is 24.7 Å². The number of nitrogen functional groups attached to an aromatic ring is 1. The van der Waals surface area contributed by atoms with Gasteiger partial charge in [0, 0.05) is 22.0 Å². The van der Waals surface area contributed by atoms with Gasteiger partial charge in [0.05, 0.1) is 0 Å². The van der Waals surface area contributed by atoms with Gasteiger partial charge in [0.15, 0.2) is 28.1 Å². The predicted molar refractivity (Wildman–Crippen MR) is 128 cm³/mol. The first kappa shape index (κ1) is 21.8. The molecule has 5 rings (SSSR count). The highest BCUT2D eigenvalue weighted by molar-refractivity contribution is 9.10. The number of nitrogens with zero attached hydrogens (tertiary/aromatic N) is 5. The highest BCUT2D eigenvalue weighted by Crippen LogP contribution is 2.43. The molecule has 1 fully saturated rings. The van der Waals surface area contributed by atoms with Crippen LogP contribution in [0.5, 0.6) is 11.5 Å². The van der Waals surface area contributed by atoms with Crippen molar-refractivity contribution in [3.05, 3.63) is 22.9 Å². The van der Waals surface area contributed by atoms with Crippen molar-refractivity contribution < 1.29 is 9.47 Å². The predicted octanol–water partition coefficient (Wildman–Crippen LogP) is 4.56. The van der Waals surface area contributed by atoms with Gasteiger partial charge in [0.2, 0.25) is 6.79 Å². The Morgan fingerprint density at radius 1 is 1.19 bits per heavy atom. The molecule has 2 aromatic heterocycles. The van der Waals surface area contributed by atoms with Gasteiger partial charge >= 0.3 is 0 Å². The van der Waals surface area contributed by atoms with Gasteiger partial charge in [0.25, 0.3) is 0 Å². The lowest BCUT2D eigenvalue weighted by atomic mass is 9.93. The van der Waals surface area contributed by atoms with Crippen LogP contribution in [0.2, 0.25) is 0 Å². The molecule has 1 saturated heterocycles. The lowest BCUT2D eigenvalue weighted by Crippen LogP contribution is -2.38. The van der Waals surface area contributed by atoms with Crippen molar-refractivity contribution in [3.8, 4) is 11.5 Å². The van der Waals surface area contributed by atoms with Crippen molar-refractivity contribution in [2.45, 2.75) is 55.7 Å². The monoisotopic (exact) mass is 518 g/mol. The zero-order chi connectivity index (χ0) is 22.2. The van der Waals surface area contributed by atoms with Gasteiger partial charge in [-0.1, -0.05) is 11.8 Å². The van der Waals surface area contributed by atoms with Gasteiger partial charge in [0.1, 0.15) is 11.8 Å². The van der Waals surface area contributed by atoms with Crippen molar-refractivity contribution in [1.82, 2.24) is 24.4 Å². The van der Waals surface area contributed by atoms with E-state index in [2.05, 4.69) is 49.2 Å². The minimum Gasteiger partial charge on any atom is -0.454 e. The maximum Gasteiger partial charge on any atom is 0.231 e. The first-order valence-corrected chi connectivity index (χ1v) is 12.6. The maximum atomic E-state index is 6.25. The second-order valence-electron chi connectivity index (χ2n) is 8.58. The molecule has 10 heteroatoms. The fourth-order valence-electron chi connectivity index (χ4n) is 4.40. The third-order valence-corrected chi connectivity index (χ3v) is 8.27. The normalized spacial score (nSPS) is 17.0. The smallest absolute Gasteiger partial charge is 0.231 e. The van der Waals surface area contributed by atoms with E-state index in [1.54, 1.807) is 11.8 Å². The molecule has 2 N–H and O–H groups in total. The van der Waals surface area contributed by atoms with E-state index >= 15 is 0 Å². The summed E-state index contributed by atoms with van der Waals surface area (Å²) in [7, 11) is 0. The van der Waals surface area contributed by atoms with Crippen molar-refractivity contribution in [3.63, 3.8) is 0 Å². The molecule has 170 valence electrons. The summed E-state index contributed by atoms with van der Waals surface area (Å²) in [6, 6.07) is 4.54. The molecule has 0 radical (unpaired) electrons. The third-order valence-electron chi connectivity index (χ3n) is 6.30. The number of hydrogen-bond donors (Lipinski definition) is 1. The highest BCUT2D eigenvalue weighted by Gasteiger charge is 2.24. The Bertz CT molecular complexity index is 1130. The van der Waals surface area contributed by atoms with Crippen molar-refractivity contribution in [2.75, 3.05) is 25.6 Å². The summed E-state index contributed by atoms with van der Waals surface area (Å²) < 4.78 is 14.2. The molecule has 0 aliphatic carbocycles. The number of likely N-dealkylation sites (tertiary alicyclic amines) is 1. The molecule has 0 saturated carbocycles. The van der Waals surface area contributed by atoms with E-state index in [0.29, 0.717) is 23.4 Å². The molecular formula is C22H27BrN6O2S. The number of nitrogens with two attached hydrogens (primary N) is 1. The summed E-state index contributed by atoms with van der Waals surface area (Å²) in [4.78, 5) is 17.0. The molecule has 0 unspecified atom stereocenters. The van der Waals surface area contributed by atoms with Crippen molar-refractivity contribution >= 4 is 44.7 Å². The molecule has 1 aromatic carbocycles. The van der Waals surface area contributed by atoms with Crippen LogP contribution in [0.15, 0.2) is 33.0 Å². The summed E-state index contributed by atoms with van der Waals surface area (Å²) >= 11 is 5.23. The maximum absolute atomic E-state index is 6.25. The summed E-state index contributed by atoms with van der Waals surface area (Å²) in [6.07, 6.45) is 5.02. The SMILES string of the molecule is CC(C)N1CCC(CCn2c(Sc3cc4c(cc3Br)OCO4)nc3ncnc(N)c32)CC1. The molecule has 0 atom stereocenters. The number of ether oxygens (including phenoxy) is 2. The van der Waals surface area contributed by atoms with E-state index in [1.165, 1.54) is 32.3 Å². The molecule has 4 heterocycles. The van der Waals surface area contributed by atoms with Crippen molar-refractivity contribution in [1.29, 1.82) is 0 Å². The largest absolute Gasteiger partial charge is 0.454 e. The zero-order valence-corrected chi connectivity index (χ0v) is 20.7. The number of aryl methyl sites for hydroxylation is 1. The van der Waals surface area contributed by atoms with Crippen LogP contribution in [0.1, 0.15) is 33.1 Å². The molecule has 3 aromatic rings. The number of benzene rings is 1. The van der Waals surface area contributed by atoms with Crippen molar-refractivity contribution in [2.24, 2.45) is 5.92 Å². The minimum atomic E-state index is 0.246. The second-order valence-corrected chi connectivity index (χ2v) is 10.4. The highest BCUT2D eigenvalue weighted by atomic mass is 79.9. The molecule has 2 aliphatic rings. The molecule has 0 bridgehead atoms. The number of hydrogen-bond acceptors (Lipinski definition) is 8. The van der Waals surface area contributed by atoms with E-state index in [-0.39, 0.29) is 6.79 Å². The number of rotatable bonds is 6. The Balaban J connectivity index is 1.40. The molecule has 32 heavy (non-hydrogen) atoms. The van der Waals surface area contributed by atoms with Crippen LogP contribution in [0.25, 0.3) is 11.2 Å². The zero-order valence-electron chi connectivity index (χ0n) is 18.3. The Kier molecular flexibility index (Phi) is 6.18. The van der Waals surface area contributed by atoms with Crippen LogP contribution in [0.3, 0.4) is 0 Å².